The van der Waals surface area contributed by atoms with Crippen LogP contribution in [0.2, 0.25) is 0 Å². The molecular weight excluding hydrogens is 543 g/mol. The Morgan fingerprint density at radius 2 is 1.80 bits per heavy atom. The van der Waals surface area contributed by atoms with E-state index in [1.807, 2.05) is 42.1 Å². The number of hydrogen-bond acceptors (Lipinski definition) is 9. The first-order chi connectivity index (χ1) is 19.4. The van der Waals surface area contributed by atoms with E-state index >= 15 is 4.39 Å². The normalized spacial score (nSPS) is 21.1. The minimum absolute atomic E-state index is 0.0204. The summed E-state index contributed by atoms with van der Waals surface area (Å²) >= 11 is 1.95. The van der Waals surface area contributed by atoms with Gasteiger partial charge in [0.15, 0.2) is 0 Å². The number of alkyl halides is 2. The van der Waals surface area contributed by atoms with Crippen LogP contribution in [0.5, 0.6) is 0 Å². The molecule has 2 bridgehead atoms. The van der Waals surface area contributed by atoms with E-state index < -0.39 is 29.0 Å². The van der Waals surface area contributed by atoms with Crippen LogP contribution in [0.4, 0.5) is 30.2 Å². The van der Waals surface area contributed by atoms with Crippen molar-refractivity contribution < 1.29 is 17.6 Å². The fourth-order valence-electron chi connectivity index (χ4n) is 6.04. The largest absolute Gasteiger partial charge is 0.415 e. The van der Waals surface area contributed by atoms with Gasteiger partial charge in [-0.3, -0.25) is 14.5 Å². The highest BCUT2D eigenvalue weighted by atomic mass is 32.2. The summed E-state index contributed by atoms with van der Waals surface area (Å²) in [5.74, 6) is 0.586. The Bertz CT molecular complexity index is 1640. The van der Waals surface area contributed by atoms with E-state index in [2.05, 4.69) is 20.0 Å². The molecule has 12 heteroatoms. The number of fused-ring (bicyclic) bond motifs is 2. The SMILES string of the molecule is O=c1c(N(Cc2ccc(-c3nnc(C(F)F)o3)cc2F)c2ccccc2)c(N2C[C@@H]3C[C@H]2CN3C2CSC2)c1=O. The number of piperazine rings is 1. The van der Waals surface area contributed by atoms with Crippen molar-refractivity contribution in [2.24, 2.45) is 0 Å². The molecule has 4 heterocycles. The molecule has 206 valence electrons. The summed E-state index contributed by atoms with van der Waals surface area (Å²) in [6.07, 6.45) is -1.97. The maximum Gasteiger partial charge on any atom is 0.314 e. The maximum absolute atomic E-state index is 15.4. The molecule has 0 N–H and O–H groups in total. The highest BCUT2D eigenvalue weighted by Crippen LogP contribution is 2.42. The number of aromatic nitrogens is 2. The molecule has 0 unspecified atom stereocenters. The second kappa shape index (κ2) is 9.77. The summed E-state index contributed by atoms with van der Waals surface area (Å²) < 4.78 is 46.0. The molecule has 0 radical (unpaired) electrons. The topological polar surface area (TPSA) is 82.8 Å². The fourth-order valence-corrected chi connectivity index (χ4v) is 6.87. The second-order valence-corrected chi connectivity index (χ2v) is 11.5. The van der Waals surface area contributed by atoms with Gasteiger partial charge in [-0.2, -0.15) is 20.5 Å². The van der Waals surface area contributed by atoms with Crippen LogP contribution < -0.4 is 20.7 Å². The first-order valence-electron chi connectivity index (χ1n) is 13.1. The Morgan fingerprint density at radius 1 is 1.00 bits per heavy atom. The highest BCUT2D eigenvalue weighted by molar-refractivity contribution is 8.00. The molecule has 7 rings (SSSR count). The molecule has 3 aliphatic rings. The molecule has 8 nitrogen and oxygen atoms in total. The number of hydrogen-bond donors (Lipinski definition) is 0. The molecule has 40 heavy (non-hydrogen) atoms. The lowest BCUT2D eigenvalue weighted by Gasteiger charge is -2.43. The van der Waals surface area contributed by atoms with E-state index in [9.17, 15) is 18.4 Å². The maximum atomic E-state index is 15.4. The third kappa shape index (κ3) is 4.12. The van der Waals surface area contributed by atoms with Crippen LogP contribution in [0.25, 0.3) is 11.5 Å². The predicted molar refractivity (Wildman–Crippen MR) is 146 cm³/mol. The van der Waals surface area contributed by atoms with Crippen molar-refractivity contribution in [3.05, 3.63) is 86.2 Å². The molecule has 0 amide bonds. The first-order valence-corrected chi connectivity index (χ1v) is 14.2. The van der Waals surface area contributed by atoms with Gasteiger partial charge in [-0.05, 0) is 30.7 Å². The lowest BCUT2D eigenvalue weighted by Crippen LogP contribution is -2.56. The van der Waals surface area contributed by atoms with Crippen molar-refractivity contribution in [2.75, 3.05) is 34.4 Å². The average molecular weight is 568 g/mol. The van der Waals surface area contributed by atoms with E-state index in [1.165, 1.54) is 12.1 Å². The second-order valence-electron chi connectivity index (χ2n) is 10.4. The molecule has 1 aromatic heterocycles. The molecule has 2 atom stereocenters. The number of nitrogens with zero attached hydrogens (tertiary/aromatic N) is 5. The van der Waals surface area contributed by atoms with Crippen LogP contribution in [0.3, 0.4) is 0 Å². The minimum atomic E-state index is -2.93. The summed E-state index contributed by atoms with van der Waals surface area (Å²) in [6, 6.07) is 14.3. The van der Waals surface area contributed by atoms with E-state index in [4.69, 9.17) is 4.42 Å². The van der Waals surface area contributed by atoms with Gasteiger partial charge in [0.05, 0.1) is 6.54 Å². The van der Waals surface area contributed by atoms with Crippen molar-refractivity contribution in [1.82, 2.24) is 15.1 Å². The van der Waals surface area contributed by atoms with Gasteiger partial charge in [-0.25, -0.2) is 4.39 Å². The first kappa shape index (κ1) is 25.3. The van der Waals surface area contributed by atoms with Gasteiger partial charge in [-0.1, -0.05) is 24.3 Å². The van der Waals surface area contributed by atoms with Crippen molar-refractivity contribution in [3.8, 4) is 11.5 Å². The smallest absolute Gasteiger partial charge is 0.314 e. The summed E-state index contributed by atoms with van der Waals surface area (Å²) in [7, 11) is 0. The zero-order chi connectivity index (χ0) is 27.5. The highest BCUT2D eigenvalue weighted by Gasteiger charge is 2.49. The zero-order valence-electron chi connectivity index (χ0n) is 21.2. The Hall–Kier alpha value is -3.64. The summed E-state index contributed by atoms with van der Waals surface area (Å²) in [5.41, 5.74) is 0.645. The van der Waals surface area contributed by atoms with Crippen molar-refractivity contribution in [2.45, 2.75) is 37.5 Å². The van der Waals surface area contributed by atoms with Gasteiger partial charge in [0.25, 0.3) is 16.7 Å². The molecular formula is C28H24F3N5O3S. The van der Waals surface area contributed by atoms with Crippen LogP contribution in [-0.2, 0) is 6.54 Å². The van der Waals surface area contributed by atoms with E-state index in [-0.39, 0.29) is 35.3 Å². The van der Waals surface area contributed by atoms with Crippen LogP contribution in [0, 0.1) is 5.82 Å². The third-order valence-corrected chi connectivity index (χ3v) is 9.35. The van der Waals surface area contributed by atoms with Crippen LogP contribution in [-0.4, -0.2) is 57.8 Å². The molecule has 4 aromatic rings. The number of benzene rings is 2. The average Bonchev–Trinajstić information content (AvgIpc) is 3.67. The van der Waals surface area contributed by atoms with Crippen molar-refractivity contribution in [1.29, 1.82) is 0 Å². The number of likely N-dealkylation sites (tertiary alicyclic amines) is 1. The van der Waals surface area contributed by atoms with Crippen LogP contribution >= 0.6 is 11.8 Å². The van der Waals surface area contributed by atoms with Crippen LogP contribution in [0.1, 0.15) is 24.3 Å². The molecule has 0 saturated carbocycles. The molecule has 3 aliphatic heterocycles. The lowest BCUT2D eigenvalue weighted by atomic mass is 10.1. The van der Waals surface area contributed by atoms with Crippen molar-refractivity contribution >= 4 is 28.8 Å². The quantitative estimate of drug-likeness (QED) is 0.292. The zero-order valence-corrected chi connectivity index (χ0v) is 22.0. The molecule has 3 fully saturated rings. The Labute approximate surface area is 231 Å². The van der Waals surface area contributed by atoms with E-state index in [0.29, 0.717) is 30.0 Å². The van der Waals surface area contributed by atoms with E-state index in [1.54, 1.807) is 4.90 Å². The van der Waals surface area contributed by atoms with E-state index in [0.717, 1.165) is 30.5 Å². The van der Waals surface area contributed by atoms with Gasteiger partial charge in [0.1, 0.15) is 17.2 Å². The third-order valence-electron chi connectivity index (χ3n) is 8.11. The summed E-state index contributed by atoms with van der Waals surface area (Å²) in [6.45, 7) is 1.55. The number of rotatable bonds is 8. The number of anilines is 3. The van der Waals surface area contributed by atoms with Crippen LogP contribution in [0.15, 0.2) is 62.5 Å². The molecule has 3 saturated heterocycles. The van der Waals surface area contributed by atoms with Gasteiger partial charge >= 0.3 is 6.43 Å². The minimum Gasteiger partial charge on any atom is -0.415 e. The fraction of sp³-hybridized carbons (Fsp3) is 0.357. The number of para-hydroxylation sites is 1. The Balaban J connectivity index is 1.20. The van der Waals surface area contributed by atoms with Crippen molar-refractivity contribution in [3.63, 3.8) is 0 Å². The molecule has 0 spiro atoms. The lowest BCUT2D eigenvalue weighted by molar-refractivity contribution is 0.116. The van der Waals surface area contributed by atoms with Gasteiger partial charge in [0.2, 0.25) is 5.89 Å². The van der Waals surface area contributed by atoms with Gasteiger partial charge < -0.3 is 14.2 Å². The molecule has 3 aromatic carbocycles. The Morgan fingerprint density at radius 3 is 2.42 bits per heavy atom. The number of thioether (sulfide) groups is 1. The monoisotopic (exact) mass is 567 g/mol. The summed E-state index contributed by atoms with van der Waals surface area (Å²) in [4.78, 5) is 32.4. The molecule has 0 aliphatic carbocycles. The number of halogens is 3. The Kier molecular flexibility index (Phi) is 6.19. The van der Waals surface area contributed by atoms with Gasteiger partial charge in [-0.15, -0.1) is 10.2 Å². The van der Waals surface area contributed by atoms with Gasteiger partial charge in [0, 0.05) is 59.5 Å². The predicted octanol–water partition coefficient (Wildman–Crippen LogP) is 4.13. The summed E-state index contributed by atoms with van der Waals surface area (Å²) in [5, 5.41) is 6.87. The standard InChI is InChI=1S/C28H24F3N5O3S/c29-21-8-15(27-32-33-28(39-27)26(30)31)6-7-16(21)10-35(17-4-2-1-3-5-17)22-23(25(38)24(22)37)36-12-18-9-19(36)11-34(18)20-13-40-14-20/h1-8,18-20,26H,9-14H2/t18-,19-/m0/s1.